The van der Waals surface area contributed by atoms with E-state index in [1.165, 1.54) is 0 Å². The van der Waals surface area contributed by atoms with Gasteiger partial charge in [-0.05, 0) is 86.3 Å². The highest BCUT2D eigenvalue weighted by atomic mass is 16.1. The Hall–Kier alpha value is -3.47. The zero-order valence-corrected chi connectivity index (χ0v) is 25.0. The minimum absolute atomic E-state index is 0.173. The Labute approximate surface area is 241 Å². The summed E-state index contributed by atoms with van der Waals surface area (Å²) in [7, 11) is 0. The average Bonchev–Trinajstić information content (AvgIpc) is 3.01. The monoisotopic (exact) mass is 541 g/mol. The quantitative estimate of drug-likeness (QED) is 0.151. The van der Waals surface area contributed by atoms with E-state index < -0.39 is 0 Å². The fourth-order valence-electron chi connectivity index (χ4n) is 4.77. The summed E-state index contributed by atoms with van der Waals surface area (Å²) >= 11 is 0. The van der Waals surface area contributed by atoms with Crippen molar-refractivity contribution in [2.24, 2.45) is 0 Å². The van der Waals surface area contributed by atoms with Crippen molar-refractivity contribution in [1.82, 2.24) is 4.98 Å². The molecule has 0 N–H and O–H groups in total. The van der Waals surface area contributed by atoms with Crippen molar-refractivity contribution in [2.75, 3.05) is 36.0 Å². The number of hydrogen-bond acceptors (Lipinski definition) is 5. The third kappa shape index (κ3) is 8.77. The minimum Gasteiger partial charge on any atom is -0.372 e. The van der Waals surface area contributed by atoms with Crippen molar-refractivity contribution in [1.29, 1.82) is 0 Å². The van der Waals surface area contributed by atoms with Crippen LogP contribution in [-0.4, -0.2) is 42.7 Å². The van der Waals surface area contributed by atoms with Crippen molar-refractivity contribution in [3.8, 4) is 0 Å². The number of benzene rings is 2. The van der Waals surface area contributed by atoms with Crippen LogP contribution in [0.1, 0.15) is 111 Å². The summed E-state index contributed by atoms with van der Waals surface area (Å²) in [4.78, 5) is 35.8. The topological polar surface area (TPSA) is 53.5 Å². The van der Waals surface area contributed by atoms with E-state index in [4.69, 9.17) is 0 Å². The van der Waals surface area contributed by atoms with Gasteiger partial charge >= 0.3 is 0 Å². The molecule has 0 radical (unpaired) electrons. The fraction of sp³-hybridized carbons (Fsp3) is 0.457. The number of ketones is 2. The lowest BCUT2D eigenvalue weighted by Gasteiger charge is -2.25. The highest BCUT2D eigenvalue weighted by Crippen LogP contribution is 2.21. The SMILES string of the molecule is CCCCN(CCCC)c1ccc(C(=O)c2cccc(C(=O)c3ccc(N(CCCC)CCCC)cc3)n2)cc1. The maximum Gasteiger partial charge on any atom is 0.211 e. The number of carbonyl (C=O) groups excluding carboxylic acids is 2. The summed E-state index contributed by atoms with van der Waals surface area (Å²) in [5.41, 5.74) is 4.01. The normalized spacial score (nSPS) is 10.9. The molecule has 1 heterocycles. The van der Waals surface area contributed by atoms with Crippen LogP contribution in [0.3, 0.4) is 0 Å². The average molecular weight is 542 g/mol. The summed E-state index contributed by atoms with van der Waals surface area (Å²) in [6.45, 7) is 12.9. The first kappa shape index (κ1) is 31.1. The molecule has 0 aliphatic heterocycles. The molecular weight excluding hydrogens is 494 g/mol. The molecule has 5 heteroatoms. The Balaban J connectivity index is 1.73. The molecule has 0 saturated carbocycles. The zero-order valence-electron chi connectivity index (χ0n) is 25.0. The van der Waals surface area contributed by atoms with Gasteiger partial charge in [-0.1, -0.05) is 59.4 Å². The van der Waals surface area contributed by atoms with E-state index in [2.05, 4.69) is 42.5 Å². The second-order valence-corrected chi connectivity index (χ2v) is 10.5. The Morgan fingerprint density at radius 3 is 1.15 bits per heavy atom. The highest BCUT2D eigenvalue weighted by Gasteiger charge is 2.17. The number of unbranched alkanes of at least 4 members (excludes halogenated alkanes) is 4. The van der Waals surface area contributed by atoms with E-state index in [-0.39, 0.29) is 23.0 Å². The number of hydrogen-bond donors (Lipinski definition) is 0. The third-order valence-corrected chi connectivity index (χ3v) is 7.33. The van der Waals surface area contributed by atoms with Crippen LogP contribution in [0, 0.1) is 0 Å². The fourth-order valence-corrected chi connectivity index (χ4v) is 4.77. The first-order valence-electron chi connectivity index (χ1n) is 15.3. The molecule has 0 fully saturated rings. The van der Waals surface area contributed by atoms with Gasteiger partial charge in [0.15, 0.2) is 0 Å². The van der Waals surface area contributed by atoms with E-state index in [1.807, 2.05) is 48.5 Å². The third-order valence-electron chi connectivity index (χ3n) is 7.33. The Morgan fingerprint density at radius 1 is 0.525 bits per heavy atom. The predicted molar refractivity (Wildman–Crippen MR) is 168 cm³/mol. The van der Waals surface area contributed by atoms with Crippen molar-refractivity contribution >= 4 is 22.9 Å². The van der Waals surface area contributed by atoms with E-state index >= 15 is 0 Å². The smallest absolute Gasteiger partial charge is 0.211 e. The first-order valence-corrected chi connectivity index (χ1v) is 15.3. The Morgan fingerprint density at radius 2 is 0.850 bits per heavy atom. The summed E-state index contributed by atoms with van der Waals surface area (Å²) < 4.78 is 0. The molecule has 0 aliphatic carbocycles. The van der Waals surface area contributed by atoms with Crippen LogP contribution < -0.4 is 9.80 Å². The van der Waals surface area contributed by atoms with Crippen LogP contribution in [-0.2, 0) is 0 Å². The summed E-state index contributed by atoms with van der Waals surface area (Å²) in [5, 5.41) is 0. The van der Waals surface area contributed by atoms with E-state index in [0.717, 1.165) is 88.9 Å². The Bertz CT molecular complexity index is 1080. The molecule has 0 aliphatic rings. The predicted octanol–water partition coefficient (Wildman–Crippen LogP) is 8.36. The molecule has 0 amide bonds. The number of nitrogens with zero attached hydrogens (tertiary/aromatic N) is 3. The van der Waals surface area contributed by atoms with Crippen LogP contribution in [0.4, 0.5) is 11.4 Å². The number of pyridine rings is 1. The molecule has 0 bridgehead atoms. The van der Waals surface area contributed by atoms with Gasteiger partial charge in [-0.15, -0.1) is 0 Å². The molecule has 214 valence electrons. The second-order valence-electron chi connectivity index (χ2n) is 10.5. The molecule has 1 aromatic heterocycles. The van der Waals surface area contributed by atoms with Crippen LogP contribution in [0.25, 0.3) is 0 Å². The van der Waals surface area contributed by atoms with E-state index in [1.54, 1.807) is 18.2 Å². The van der Waals surface area contributed by atoms with E-state index in [9.17, 15) is 9.59 Å². The highest BCUT2D eigenvalue weighted by molar-refractivity contribution is 6.11. The number of carbonyl (C=O) groups is 2. The number of aromatic nitrogens is 1. The summed E-state index contributed by atoms with van der Waals surface area (Å²) in [6.07, 6.45) is 9.20. The van der Waals surface area contributed by atoms with Gasteiger partial charge in [-0.25, -0.2) is 4.98 Å². The number of anilines is 2. The van der Waals surface area contributed by atoms with Crippen molar-refractivity contribution < 1.29 is 9.59 Å². The summed E-state index contributed by atoms with van der Waals surface area (Å²) in [5.74, 6) is -0.347. The zero-order chi connectivity index (χ0) is 28.7. The second kappa shape index (κ2) is 16.6. The minimum atomic E-state index is -0.173. The largest absolute Gasteiger partial charge is 0.372 e. The molecule has 3 rings (SSSR count). The van der Waals surface area contributed by atoms with Crippen molar-refractivity contribution in [3.05, 3.63) is 89.2 Å². The van der Waals surface area contributed by atoms with Crippen LogP contribution in [0.2, 0.25) is 0 Å². The summed E-state index contributed by atoms with van der Waals surface area (Å²) in [6, 6.07) is 20.7. The molecule has 0 unspecified atom stereocenters. The van der Waals surface area contributed by atoms with Gasteiger partial charge in [-0.3, -0.25) is 9.59 Å². The standard InChI is InChI=1S/C35H47N3O2/c1-5-9-24-37(25-10-6-2)30-20-16-28(17-21-30)34(39)32-14-13-15-33(36-32)35(40)29-18-22-31(23-19-29)38(26-11-7-3)27-12-8-4/h13-23H,5-12,24-27H2,1-4H3. The van der Waals surface area contributed by atoms with Crippen LogP contribution >= 0.6 is 0 Å². The number of rotatable bonds is 18. The molecule has 0 atom stereocenters. The Kier molecular flexibility index (Phi) is 12.9. The molecule has 3 aromatic rings. The molecule has 0 saturated heterocycles. The maximum atomic E-state index is 13.3. The first-order chi connectivity index (χ1) is 19.5. The van der Waals surface area contributed by atoms with E-state index in [0.29, 0.717) is 11.1 Å². The lowest BCUT2D eigenvalue weighted by molar-refractivity contribution is 0.103. The van der Waals surface area contributed by atoms with Gasteiger partial charge < -0.3 is 9.80 Å². The van der Waals surface area contributed by atoms with Crippen LogP contribution in [0.15, 0.2) is 66.7 Å². The lowest BCUT2D eigenvalue weighted by Crippen LogP contribution is -2.25. The molecule has 5 nitrogen and oxygen atoms in total. The van der Waals surface area contributed by atoms with Crippen molar-refractivity contribution in [2.45, 2.75) is 79.1 Å². The van der Waals surface area contributed by atoms with Crippen molar-refractivity contribution in [3.63, 3.8) is 0 Å². The molecule has 0 spiro atoms. The van der Waals surface area contributed by atoms with Gasteiger partial charge in [0, 0.05) is 48.7 Å². The van der Waals surface area contributed by atoms with Crippen LogP contribution in [0.5, 0.6) is 0 Å². The lowest BCUT2D eigenvalue weighted by atomic mass is 10.0. The van der Waals surface area contributed by atoms with Gasteiger partial charge in [-0.2, -0.15) is 0 Å². The van der Waals surface area contributed by atoms with Gasteiger partial charge in [0.05, 0.1) is 0 Å². The van der Waals surface area contributed by atoms with Gasteiger partial charge in [0.2, 0.25) is 11.6 Å². The molecular formula is C35H47N3O2. The van der Waals surface area contributed by atoms with Gasteiger partial charge in [0.1, 0.15) is 11.4 Å². The molecule has 40 heavy (non-hydrogen) atoms. The molecule has 2 aromatic carbocycles. The maximum absolute atomic E-state index is 13.3. The van der Waals surface area contributed by atoms with Gasteiger partial charge in [0.25, 0.3) is 0 Å².